The van der Waals surface area contributed by atoms with Crippen LogP contribution in [-0.4, -0.2) is 37.0 Å². The Labute approximate surface area is 91.6 Å². The van der Waals surface area contributed by atoms with Crippen LogP contribution in [0.15, 0.2) is 0 Å². The molecule has 3 nitrogen and oxygen atoms in total. The standard InChI is InChI=1S/C10H18N2O.ClH/c1-11-9-5-6-12(7-9)10(13)8-3-2-4-8;/h8-9,11H,2-7H2,1H3;1H/t9-;/m1./s1. The third kappa shape index (κ3) is 2.20. The number of carbonyl (C=O) groups is 1. The quantitative estimate of drug-likeness (QED) is 0.751. The van der Waals surface area contributed by atoms with E-state index in [1.807, 2.05) is 11.9 Å². The van der Waals surface area contributed by atoms with Gasteiger partial charge in [-0.25, -0.2) is 0 Å². The monoisotopic (exact) mass is 218 g/mol. The highest BCUT2D eigenvalue weighted by molar-refractivity contribution is 5.85. The van der Waals surface area contributed by atoms with Crippen LogP contribution in [0.3, 0.4) is 0 Å². The molecule has 1 saturated carbocycles. The van der Waals surface area contributed by atoms with Gasteiger partial charge in [0, 0.05) is 25.0 Å². The van der Waals surface area contributed by atoms with Crippen LogP contribution in [-0.2, 0) is 4.79 Å². The lowest BCUT2D eigenvalue weighted by atomic mass is 9.84. The predicted molar refractivity (Wildman–Crippen MR) is 58.6 cm³/mol. The highest BCUT2D eigenvalue weighted by Gasteiger charge is 2.32. The number of halogens is 1. The molecule has 0 unspecified atom stereocenters. The molecule has 0 spiro atoms. The fourth-order valence-corrected chi connectivity index (χ4v) is 2.11. The molecule has 0 aromatic carbocycles. The summed E-state index contributed by atoms with van der Waals surface area (Å²) in [5, 5.41) is 3.23. The molecule has 82 valence electrons. The largest absolute Gasteiger partial charge is 0.341 e. The topological polar surface area (TPSA) is 32.3 Å². The minimum atomic E-state index is 0. The Morgan fingerprint density at radius 1 is 1.36 bits per heavy atom. The Bertz CT molecular complexity index is 206. The third-order valence-corrected chi connectivity index (χ3v) is 3.36. The summed E-state index contributed by atoms with van der Waals surface area (Å²) in [5.41, 5.74) is 0. The van der Waals surface area contributed by atoms with E-state index in [0.29, 0.717) is 17.9 Å². The van der Waals surface area contributed by atoms with E-state index in [4.69, 9.17) is 0 Å². The van der Waals surface area contributed by atoms with E-state index >= 15 is 0 Å². The van der Waals surface area contributed by atoms with Crippen LogP contribution >= 0.6 is 12.4 Å². The molecular formula is C10H19ClN2O. The van der Waals surface area contributed by atoms with Crippen molar-refractivity contribution in [2.24, 2.45) is 5.92 Å². The van der Waals surface area contributed by atoms with Gasteiger partial charge in [0.1, 0.15) is 0 Å². The smallest absolute Gasteiger partial charge is 0.225 e. The molecule has 1 N–H and O–H groups in total. The van der Waals surface area contributed by atoms with Gasteiger partial charge in [0.05, 0.1) is 0 Å². The molecule has 0 radical (unpaired) electrons. The van der Waals surface area contributed by atoms with E-state index < -0.39 is 0 Å². The lowest BCUT2D eigenvalue weighted by Crippen LogP contribution is -2.39. The highest BCUT2D eigenvalue weighted by atomic mass is 35.5. The molecule has 0 bridgehead atoms. The number of amides is 1. The summed E-state index contributed by atoms with van der Waals surface area (Å²) < 4.78 is 0. The molecule has 2 aliphatic rings. The normalized spacial score (nSPS) is 26.9. The predicted octanol–water partition coefficient (Wildman–Crippen LogP) is 1.03. The minimum absolute atomic E-state index is 0. The highest BCUT2D eigenvalue weighted by Crippen LogP contribution is 2.29. The number of rotatable bonds is 2. The molecule has 0 aromatic heterocycles. The minimum Gasteiger partial charge on any atom is -0.341 e. The van der Waals surface area contributed by atoms with Gasteiger partial charge in [-0.15, -0.1) is 12.4 Å². The van der Waals surface area contributed by atoms with E-state index in [-0.39, 0.29) is 12.4 Å². The summed E-state index contributed by atoms with van der Waals surface area (Å²) >= 11 is 0. The van der Waals surface area contributed by atoms with Gasteiger partial charge in [-0.2, -0.15) is 0 Å². The van der Waals surface area contributed by atoms with Crippen molar-refractivity contribution in [1.82, 2.24) is 10.2 Å². The summed E-state index contributed by atoms with van der Waals surface area (Å²) in [5.74, 6) is 0.777. The Balaban J connectivity index is 0.000000980. The van der Waals surface area contributed by atoms with Crippen molar-refractivity contribution in [2.75, 3.05) is 20.1 Å². The van der Waals surface area contributed by atoms with Crippen molar-refractivity contribution in [1.29, 1.82) is 0 Å². The molecule has 1 atom stereocenters. The summed E-state index contributed by atoms with van der Waals surface area (Å²) in [4.78, 5) is 13.8. The molecule has 1 aliphatic carbocycles. The van der Waals surface area contributed by atoms with Crippen molar-refractivity contribution in [3.8, 4) is 0 Å². The van der Waals surface area contributed by atoms with Gasteiger partial charge in [-0.05, 0) is 26.3 Å². The maximum atomic E-state index is 11.8. The first-order chi connectivity index (χ1) is 6.31. The maximum Gasteiger partial charge on any atom is 0.225 e. The summed E-state index contributed by atoms with van der Waals surface area (Å²) in [6, 6.07) is 0.532. The molecule has 2 fully saturated rings. The van der Waals surface area contributed by atoms with E-state index in [1.165, 1.54) is 6.42 Å². The van der Waals surface area contributed by atoms with Crippen LogP contribution in [0.2, 0.25) is 0 Å². The number of carbonyl (C=O) groups excluding carboxylic acids is 1. The van der Waals surface area contributed by atoms with Gasteiger partial charge in [-0.1, -0.05) is 6.42 Å². The average Bonchev–Trinajstić information content (AvgIpc) is 2.48. The van der Waals surface area contributed by atoms with E-state index in [2.05, 4.69) is 5.32 Å². The SMILES string of the molecule is CN[C@@H]1CCN(C(=O)C2CCC2)C1.Cl. The van der Waals surface area contributed by atoms with E-state index in [0.717, 1.165) is 32.4 Å². The fraction of sp³-hybridized carbons (Fsp3) is 0.900. The molecule has 1 aliphatic heterocycles. The van der Waals surface area contributed by atoms with Crippen molar-refractivity contribution >= 4 is 18.3 Å². The van der Waals surface area contributed by atoms with Gasteiger partial charge >= 0.3 is 0 Å². The third-order valence-electron chi connectivity index (χ3n) is 3.36. The number of nitrogens with zero attached hydrogens (tertiary/aromatic N) is 1. The van der Waals surface area contributed by atoms with Gasteiger partial charge in [0.25, 0.3) is 0 Å². The van der Waals surface area contributed by atoms with Gasteiger partial charge in [-0.3, -0.25) is 4.79 Å². The first-order valence-corrected chi connectivity index (χ1v) is 5.27. The van der Waals surface area contributed by atoms with Gasteiger partial charge < -0.3 is 10.2 Å². The molecule has 2 rings (SSSR count). The zero-order valence-corrected chi connectivity index (χ0v) is 9.48. The molecule has 14 heavy (non-hydrogen) atoms. The van der Waals surface area contributed by atoms with Crippen LogP contribution in [0, 0.1) is 5.92 Å². The van der Waals surface area contributed by atoms with Gasteiger partial charge in [0.2, 0.25) is 5.91 Å². The molecule has 4 heteroatoms. The van der Waals surface area contributed by atoms with Crippen molar-refractivity contribution in [3.05, 3.63) is 0 Å². The van der Waals surface area contributed by atoms with Crippen molar-refractivity contribution < 1.29 is 4.79 Å². The fourth-order valence-electron chi connectivity index (χ4n) is 2.11. The van der Waals surface area contributed by atoms with E-state index in [9.17, 15) is 4.79 Å². The number of hydrogen-bond donors (Lipinski definition) is 1. The number of nitrogens with one attached hydrogen (secondary N) is 1. The summed E-state index contributed by atoms with van der Waals surface area (Å²) in [6.45, 7) is 1.88. The molecular weight excluding hydrogens is 200 g/mol. The Hall–Kier alpha value is -0.280. The second kappa shape index (κ2) is 4.99. The zero-order chi connectivity index (χ0) is 9.26. The Kier molecular flexibility index (Phi) is 4.20. The lowest BCUT2D eigenvalue weighted by molar-refractivity contribution is -0.137. The molecule has 0 aromatic rings. The average molecular weight is 219 g/mol. The number of hydrogen-bond acceptors (Lipinski definition) is 2. The van der Waals surface area contributed by atoms with Gasteiger partial charge in [0.15, 0.2) is 0 Å². The number of likely N-dealkylation sites (tertiary alicyclic amines) is 1. The van der Waals surface area contributed by atoms with E-state index in [1.54, 1.807) is 0 Å². The Morgan fingerprint density at radius 3 is 2.50 bits per heavy atom. The van der Waals surface area contributed by atoms with Crippen molar-refractivity contribution in [2.45, 2.75) is 31.7 Å². The lowest BCUT2D eigenvalue weighted by Gasteiger charge is -2.29. The number of likely N-dealkylation sites (N-methyl/N-ethyl adjacent to an activating group) is 1. The molecule has 1 saturated heterocycles. The van der Waals surface area contributed by atoms with Crippen LogP contribution in [0.5, 0.6) is 0 Å². The van der Waals surface area contributed by atoms with Crippen molar-refractivity contribution in [3.63, 3.8) is 0 Å². The first kappa shape index (κ1) is 11.8. The first-order valence-electron chi connectivity index (χ1n) is 5.27. The van der Waals surface area contributed by atoms with Crippen LogP contribution in [0.4, 0.5) is 0 Å². The second-order valence-corrected chi connectivity index (χ2v) is 4.19. The van der Waals surface area contributed by atoms with Crippen LogP contribution in [0.25, 0.3) is 0 Å². The molecule has 1 amide bonds. The van der Waals surface area contributed by atoms with Crippen LogP contribution < -0.4 is 5.32 Å². The maximum absolute atomic E-state index is 11.8. The Morgan fingerprint density at radius 2 is 2.07 bits per heavy atom. The van der Waals surface area contributed by atoms with Crippen LogP contribution in [0.1, 0.15) is 25.7 Å². The summed E-state index contributed by atoms with van der Waals surface area (Å²) in [7, 11) is 1.97. The zero-order valence-electron chi connectivity index (χ0n) is 8.66. The molecule has 1 heterocycles. The second-order valence-electron chi connectivity index (χ2n) is 4.19. The summed E-state index contributed by atoms with van der Waals surface area (Å²) in [6.07, 6.45) is 4.62.